The second kappa shape index (κ2) is 9.00. The Hall–Kier alpha value is -2.40. The van der Waals surface area contributed by atoms with E-state index >= 15 is 0 Å². The van der Waals surface area contributed by atoms with Crippen LogP contribution >= 0.6 is 11.8 Å². The van der Waals surface area contributed by atoms with Crippen molar-refractivity contribution in [2.75, 3.05) is 5.75 Å². The molecule has 3 aromatic rings. The van der Waals surface area contributed by atoms with E-state index in [1.54, 1.807) is 0 Å². The first-order valence-electron chi connectivity index (χ1n) is 9.23. The number of hydrogen-bond acceptors (Lipinski definition) is 4. The molecule has 0 saturated heterocycles. The van der Waals surface area contributed by atoms with Gasteiger partial charge in [-0.2, -0.15) is 0 Å². The highest BCUT2D eigenvalue weighted by atomic mass is 32.2. The van der Waals surface area contributed by atoms with Crippen LogP contribution in [0.4, 0.5) is 0 Å². The molecule has 3 rings (SSSR count). The fourth-order valence-corrected chi connectivity index (χ4v) is 3.95. The standard InChI is InChI=1S/C22H25N3OS/c1-15(2)13-20(17-9-5-4-6-10-17)25-21(26)14-27-22-18-11-7-8-12-19(18)23-16(3)24-22/h4-12,15,20H,13-14H2,1-3H3,(H,25,26)/t20-/m1/s1. The molecule has 0 aliphatic carbocycles. The summed E-state index contributed by atoms with van der Waals surface area (Å²) in [6.07, 6.45) is 0.913. The second-order valence-corrected chi connectivity index (χ2v) is 8.01. The number of nitrogens with one attached hydrogen (secondary N) is 1. The van der Waals surface area contributed by atoms with Crippen molar-refractivity contribution in [2.24, 2.45) is 5.92 Å². The van der Waals surface area contributed by atoms with E-state index < -0.39 is 0 Å². The predicted octanol–water partition coefficient (Wildman–Crippen LogP) is 4.93. The van der Waals surface area contributed by atoms with Gasteiger partial charge in [-0.3, -0.25) is 4.79 Å². The number of thioether (sulfide) groups is 1. The Balaban J connectivity index is 1.70. The van der Waals surface area contributed by atoms with Crippen molar-refractivity contribution in [3.63, 3.8) is 0 Å². The number of aryl methyl sites for hydroxylation is 1. The van der Waals surface area contributed by atoms with Crippen LogP contribution in [0.25, 0.3) is 10.9 Å². The number of carbonyl (C=O) groups is 1. The van der Waals surface area contributed by atoms with Gasteiger partial charge in [0.2, 0.25) is 5.91 Å². The van der Waals surface area contributed by atoms with Crippen LogP contribution in [0.5, 0.6) is 0 Å². The van der Waals surface area contributed by atoms with Gasteiger partial charge in [0.25, 0.3) is 0 Å². The Kier molecular flexibility index (Phi) is 6.45. The van der Waals surface area contributed by atoms with Crippen molar-refractivity contribution < 1.29 is 4.79 Å². The summed E-state index contributed by atoms with van der Waals surface area (Å²) < 4.78 is 0. The molecule has 0 fully saturated rings. The molecule has 1 aromatic heterocycles. The van der Waals surface area contributed by atoms with Crippen molar-refractivity contribution in [2.45, 2.75) is 38.3 Å². The van der Waals surface area contributed by atoms with Gasteiger partial charge in [0.1, 0.15) is 10.9 Å². The maximum atomic E-state index is 12.6. The maximum Gasteiger partial charge on any atom is 0.230 e. The first-order chi connectivity index (χ1) is 13.0. The topological polar surface area (TPSA) is 54.9 Å². The zero-order valence-corrected chi connectivity index (χ0v) is 16.8. The molecule has 0 aliphatic heterocycles. The van der Waals surface area contributed by atoms with Gasteiger partial charge >= 0.3 is 0 Å². The summed E-state index contributed by atoms with van der Waals surface area (Å²) in [4.78, 5) is 21.6. The second-order valence-electron chi connectivity index (χ2n) is 7.04. The van der Waals surface area contributed by atoms with Crippen molar-refractivity contribution in [1.29, 1.82) is 0 Å². The Morgan fingerprint density at radius 3 is 2.48 bits per heavy atom. The molecule has 4 nitrogen and oxygen atoms in total. The minimum absolute atomic E-state index is 0.0230. The van der Waals surface area contributed by atoms with E-state index in [1.807, 2.05) is 49.4 Å². The molecule has 2 aromatic carbocycles. The van der Waals surface area contributed by atoms with Crippen molar-refractivity contribution >= 4 is 28.6 Å². The lowest BCUT2D eigenvalue weighted by Crippen LogP contribution is -2.30. The average molecular weight is 380 g/mol. The van der Waals surface area contributed by atoms with Gasteiger partial charge in [0.05, 0.1) is 17.3 Å². The number of para-hydroxylation sites is 1. The van der Waals surface area contributed by atoms with Gasteiger partial charge in [-0.05, 0) is 30.9 Å². The van der Waals surface area contributed by atoms with Gasteiger partial charge in [0, 0.05) is 5.39 Å². The number of aromatic nitrogens is 2. The van der Waals surface area contributed by atoms with E-state index in [2.05, 4.69) is 41.3 Å². The summed E-state index contributed by atoms with van der Waals surface area (Å²) in [6.45, 7) is 6.23. The number of carbonyl (C=O) groups excluding carboxylic acids is 1. The third-order valence-corrected chi connectivity index (χ3v) is 5.26. The van der Waals surface area contributed by atoms with Gasteiger partial charge in [0.15, 0.2) is 0 Å². The minimum atomic E-state index is 0.0230. The third-order valence-electron chi connectivity index (χ3n) is 4.26. The largest absolute Gasteiger partial charge is 0.349 e. The fourth-order valence-electron chi connectivity index (χ4n) is 3.07. The van der Waals surface area contributed by atoms with E-state index in [4.69, 9.17) is 0 Å². The highest BCUT2D eigenvalue weighted by Gasteiger charge is 2.17. The average Bonchev–Trinajstić information content (AvgIpc) is 2.66. The normalized spacial score (nSPS) is 12.3. The van der Waals surface area contributed by atoms with E-state index in [0.29, 0.717) is 11.7 Å². The first-order valence-corrected chi connectivity index (χ1v) is 10.2. The lowest BCUT2D eigenvalue weighted by molar-refractivity contribution is -0.119. The maximum absolute atomic E-state index is 12.6. The number of amides is 1. The zero-order valence-electron chi connectivity index (χ0n) is 16.0. The van der Waals surface area contributed by atoms with Crippen molar-refractivity contribution in [3.05, 3.63) is 66.0 Å². The molecule has 1 N–H and O–H groups in total. The van der Waals surface area contributed by atoms with Crippen molar-refractivity contribution in [3.8, 4) is 0 Å². The molecular weight excluding hydrogens is 354 g/mol. The highest BCUT2D eigenvalue weighted by molar-refractivity contribution is 8.00. The van der Waals surface area contributed by atoms with Gasteiger partial charge < -0.3 is 5.32 Å². The van der Waals surface area contributed by atoms with Gasteiger partial charge in [-0.25, -0.2) is 9.97 Å². The molecule has 0 bridgehead atoms. The van der Waals surface area contributed by atoms with Crippen LogP contribution in [0.1, 0.15) is 37.7 Å². The van der Waals surface area contributed by atoms with Crippen LogP contribution in [-0.4, -0.2) is 21.6 Å². The van der Waals surface area contributed by atoms with Crippen LogP contribution < -0.4 is 5.32 Å². The zero-order chi connectivity index (χ0) is 19.2. The Morgan fingerprint density at radius 1 is 1.04 bits per heavy atom. The molecule has 0 aliphatic rings. The highest BCUT2D eigenvalue weighted by Crippen LogP contribution is 2.26. The van der Waals surface area contributed by atoms with Crippen LogP contribution in [0, 0.1) is 12.8 Å². The number of hydrogen-bond donors (Lipinski definition) is 1. The quantitative estimate of drug-likeness (QED) is 0.467. The van der Waals surface area contributed by atoms with Crippen LogP contribution in [0.3, 0.4) is 0 Å². The van der Waals surface area contributed by atoms with E-state index in [1.165, 1.54) is 11.8 Å². The molecule has 1 heterocycles. The van der Waals surface area contributed by atoms with Crippen molar-refractivity contribution in [1.82, 2.24) is 15.3 Å². The van der Waals surface area contributed by atoms with E-state index in [9.17, 15) is 4.79 Å². The number of rotatable bonds is 7. The summed E-state index contributed by atoms with van der Waals surface area (Å²) in [5, 5.41) is 5.04. The fraction of sp³-hybridized carbons (Fsp3) is 0.318. The monoisotopic (exact) mass is 379 g/mol. The minimum Gasteiger partial charge on any atom is -0.349 e. The summed E-state index contributed by atoms with van der Waals surface area (Å²) in [5.41, 5.74) is 2.06. The van der Waals surface area contributed by atoms with E-state index in [0.717, 1.165) is 33.7 Å². The Bertz CT molecular complexity index is 912. The van der Waals surface area contributed by atoms with Gasteiger partial charge in [-0.1, -0.05) is 74.1 Å². The summed E-state index contributed by atoms with van der Waals surface area (Å²) in [6, 6.07) is 18.1. The third kappa shape index (κ3) is 5.30. The molecule has 27 heavy (non-hydrogen) atoms. The molecule has 0 unspecified atom stereocenters. The molecule has 5 heteroatoms. The summed E-state index contributed by atoms with van der Waals surface area (Å²) >= 11 is 1.47. The smallest absolute Gasteiger partial charge is 0.230 e. The Morgan fingerprint density at radius 2 is 1.74 bits per heavy atom. The van der Waals surface area contributed by atoms with Crippen LogP contribution in [0.2, 0.25) is 0 Å². The number of nitrogens with zero attached hydrogens (tertiary/aromatic N) is 2. The molecule has 0 saturated carbocycles. The predicted molar refractivity (Wildman–Crippen MR) is 112 cm³/mol. The number of benzene rings is 2. The molecule has 140 valence electrons. The molecule has 0 radical (unpaired) electrons. The summed E-state index contributed by atoms with van der Waals surface area (Å²) in [5.74, 6) is 1.58. The Labute approximate surface area is 164 Å². The van der Waals surface area contributed by atoms with Crippen LogP contribution in [0.15, 0.2) is 59.6 Å². The SMILES string of the molecule is Cc1nc(SCC(=O)N[C@H](CC(C)C)c2ccccc2)c2ccccc2n1. The summed E-state index contributed by atoms with van der Waals surface area (Å²) in [7, 11) is 0. The van der Waals surface area contributed by atoms with Crippen LogP contribution in [-0.2, 0) is 4.79 Å². The van der Waals surface area contributed by atoms with E-state index in [-0.39, 0.29) is 11.9 Å². The molecule has 0 spiro atoms. The van der Waals surface area contributed by atoms with Gasteiger partial charge in [-0.15, -0.1) is 0 Å². The molecule has 1 atom stereocenters. The molecular formula is C22H25N3OS. The first kappa shape index (κ1) is 19.4. The lowest BCUT2D eigenvalue weighted by Gasteiger charge is -2.21. The molecule has 1 amide bonds. The number of fused-ring (bicyclic) bond motifs is 1. The lowest BCUT2D eigenvalue weighted by atomic mass is 9.97.